The van der Waals surface area contributed by atoms with Crippen LogP contribution in [-0.4, -0.2) is 18.6 Å². The fourth-order valence-corrected chi connectivity index (χ4v) is 4.54. The first-order valence-corrected chi connectivity index (χ1v) is 10.6. The lowest BCUT2D eigenvalue weighted by Gasteiger charge is -2.34. The minimum Gasteiger partial charge on any atom is -0.367 e. The molecule has 0 atom stereocenters. The van der Waals surface area contributed by atoms with Crippen molar-refractivity contribution in [1.29, 1.82) is 0 Å². The van der Waals surface area contributed by atoms with E-state index in [0.29, 0.717) is 12.2 Å². The molecule has 1 aliphatic carbocycles. The molecular formula is C24H26F4N2O. The Morgan fingerprint density at radius 3 is 2.45 bits per heavy atom. The molecule has 0 unspecified atom stereocenters. The summed E-state index contributed by atoms with van der Waals surface area (Å²) in [5, 5.41) is 2.77. The molecule has 3 nitrogen and oxygen atoms in total. The van der Waals surface area contributed by atoms with E-state index in [4.69, 9.17) is 0 Å². The van der Waals surface area contributed by atoms with E-state index >= 15 is 0 Å². The molecule has 1 N–H and O–H groups in total. The van der Waals surface area contributed by atoms with Gasteiger partial charge in [-0.05, 0) is 80.0 Å². The Morgan fingerprint density at radius 2 is 1.84 bits per heavy atom. The highest BCUT2D eigenvalue weighted by Gasteiger charge is 2.63. The zero-order valence-electron chi connectivity index (χ0n) is 17.7. The van der Waals surface area contributed by atoms with Gasteiger partial charge in [0, 0.05) is 30.9 Å². The smallest absolute Gasteiger partial charge is 0.367 e. The minimum atomic E-state index is -4.34. The Labute approximate surface area is 179 Å². The molecule has 31 heavy (non-hydrogen) atoms. The summed E-state index contributed by atoms with van der Waals surface area (Å²) in [5.41, 5.74) is 3.67. The van der Waals surface area contributed by atoms with Crippen LogP contribution in [0.15, 0.2) is 30.3 Å². The summed E-state index contributed by atoms with van der Waals surface area (Å²) in [6.07, 6.45) is -3.05. The summed E-state index contributed by atoms with van der Waals surface area (Å²) in [5.74, 6) is -0.853. The van der Waals surface area contributed by atoms with Crippen LogP contribution in [0.3, 0.4) is 0 Å². The molecular weight excluding hydrogens is 408 g/mol. The molecule has 0 aromatic heterocycles. The average molecular weight is 434 g/mol. The third-order valence-electron chi connectivity index (χ3n) is 6.58. The lowest BCUT2D eigenvalue weighted by atomic mass is 9.92. The summed E-state index contributed by atoms with van der Waals surface area (Å²) in [4.78, 5) is 14.7. The second-order valence-electron chi connectivity index (χ2n) is 8.85. The first-order valence-electron chi connectivity index (χ1n) is 10.6. The summed E-state index contributed by atoms with van der Waals surface area (Å²) in [6.45, 7) is 5.29. The van der Waals surface area contributed by atoms with Gasteiger partial charge in [-0.3, -0.25) is 4.79 Å². The van der Waals surface area contributed by atoms with Crippen molar-refractivity contribution >= 4 is 17.3 Å². The van der Waals surface area contributed by atoms with E-state index in [1.54, 1.807) is 12.1 Å². The highest BCUT2D eigenvalue weighted by Crippen LogP contribution is 2.60. The van der Waals surface area contributed by atoms with Crippen LogP contribution < -0.4 is 10.2 Å². The number of rotatable bonds is 5. The van der Waals surface area contributed by atoms with Gasteiger partial charge in [-0.15, -0.1) is 0 Å². The van der Waals surface area contributed by atoms with Crippen LogP contribution in [0.25, 0.3) is 0 Å². The monoisotopic (exact) mass is 434 g/mol. The first kappa shape index (κ1) is 21.7. The van der Waals surface area contributed by atoms with E-state index in [0.717, 1.165) is 47.3 Å². The third kappa shape index (κ3) is 4.27. The van der Waals surface area contributed by atoms with E-state index in [-0.39, 0.29) is 18.7 Å². The maximum atomic E-state index is 13.2. The molecule has 7 heteroatoms. The van der Waals surface area contributed by atoms with Gasteiger partial charge < -0.3 is 10.2 Å². The quantitative estimate of drug-likeness (QED) is 0.580. The number of anilines is 2. The molecule has 1 amide bonds. The molecule has 2 aliphatic rings. The van der Waals surface area contributed by atoms with Gasteiger partial charge in [-0.25, -0.2) is 4.39 Å². The molecule has 1 fully saturated rings. The van der Waals surface area contributed by atoms with Gasteiger partial charge in [0.1, 0.15) is 5.82 Å². The molecule has 1 aliphatic heterocycles. The number of carbonyl (C=O) groups is 1. The van der Waals surface area contributed by atoms with Gasteiger partial charge in [0.15, 0.2) is 0 Å². The van der Waals surface area contributed by atoms with Crippen molar-refractivity contribution in [1.82, 2.24) is 0 Å². The Bertz CT molecular complexity index is 994. The van der Waals surface area contributed by atoms with Crippen molar-refractivity contribution < 1.29 is 22.4 Å². The number of halogens is 4. The Kier molecular flexibility index (Phi) is 5.48. The fourth-order valence-electron chi connectivity index (χ4n) is 4.54. The Balaban J connectivity index is 1.55. The summed E-state index contributed by atoms with van der Waals surface area (Å²) >= 11 is 0. The van der Waals surface area contributed by atoms with Gasteiger partial charge in [0.25, 0.3) is 0 Å². The number of aryl methyl sites for hydroxylation is 1. The Hall–Kier alpha value is -2.57. The Morgan fingerprint density at radius 1 is 1.16 bits per heavy atom. The van der Waals surface area contributed by atoms with Gasteiger partial charge in [0.2, 0.25) is 5.91 Å². The second-order valence-corrected chi connectivity index (χ2v) is 8.85. The maximum Gasteiger partial charge on any atom is 0.395 e. The topological polar surface area (TPSA) is 32.3 Å². The predicted octanol–water partition coefficient (Wildman–Crippen LogP) is 6.07. The first-order chi connectivity index (χ1) is 14.6. The third-order valence-corrected chi connectivity index (χ3v) is 6.58. The fraction of sp³-hybridized carbons (Fsp3) is 0.458. The summed E-state index contributed by atoms with van der Waals surface area (Å²) < 4.78 is 52.9. The number of fused-ring (bicyclic) bond motifs is 1. The van der Waals surface area contributed by atoms with Crippen LogP contribution >= 0.6 is 0 Å². The summed E-state index contributed by atoms with van der Waals surface area (Å²) in [6, 6.07) is 8.43. The van der Waals surface area contributed by atoms with Crippen molar-refractivity contribution in [3.8, 4) is 0 Å². The molecule has 0 bridgehead atoms. The minimum absolute atomic E-state index is 0.0183. The van der Waals surface area contributed by atoms with E-state index in [1.807, 2.05) is 19.9 Å². The van der Waals surface area contributed by atoms with Crippen molar-refractivity contribution in [3.05, 3.63) is 58.4 Å². The number of benzene rings is 2. The van der Waals surface area contributed by atoms with Gasteiger partial charge in [-0.2, -0.15) is 13.2 Å². The molecule has 0 saturated heterocycles. The number of carbonyl (C=O) groups excluding carboxylic acids is 1. The largest absolute Gasteiger partial charge is 0.395 e. The molecule has 4 rings (SSSR count). The van der Waals surface area contributed by atoms with Crippen LogP contribution in [0.5, 0.6) is 0 Å². The molecule has 0 spiro atoms. The number of nitrogens with zero attached hydrogens (tertiary/aromatic N) is 1. The van der Waals surface area contributed by atoms with E-state index in [9.17, 15) is 22.4 Å². The number of nitrogens with one attached hydrogen (secondary N) is 1. The summed E-state index contributed by atoms with van der Waals surface area (Å²) in [7, 11) is 0. The lowest BCUT2D eigenvalue weighted by molar-refractivity contribution is -0.189. The van der Waals surface area contributed by atoms with E-state index < -0.39 is 23.9 Å². The predicted molar refractivity (Wildman–Crippen MR) is 113 cm³/mol. The number of alkyl halides is 3. The van der Waals surface area contributed by atoms with Gasteiger partial charge >= 0.3 is 6.18 Å². The van der Waals surface area contributed by atoms with Gasteiger partial charge in [-0.1, -0.05) is 12.1 Å². The highest BCUT2D eigenvalue weighted by molar-refractivity contribution is 5.94. The van der Waals surface area contributed by atoms with Crippen molar-refractivity contribution in [2.24, 2.45) is 5.41 Å². The van der Waals surface area contributed by atoms with E-state index in [2.05, 4.69) is 10.2 Å². The molecule has 2 aromatic carbocycles. The SMILES string of the molecule is Cc1cc2c(c(C)c1NC(=O)CC1(C(F)(F)F)CC1)CCCN2Cc1ccc(F)cc1. The normalized spacial score (nSPS) is 17.3. The molecule has 2 aromatic rings. The van der Waals surface area contributed by atoms with Crippen molar-refractivity contribution in [2.75, 3.05) is 16.8 Å². The molecule has 166 valence electrons. The van der Waals surface area contributed by atoms with Crippen molar-refractivity contribution in [3.63, 3.8) is 0 Å². The number of hydrogen-bond donors (Lipinski definition) is 1. The molecule has 1 saturated carbocycles. The van der Waals surface area contributed by atoms with Crippen molar-refractivity contribution in [2.45, 2.75) is 58.7 Å². The van der Waals surface area contributed by atoms with E-state index in [1.165, 1.54) is 12.1 Å². The second kappa shape index (κ2) is 7.84. The molecule has 1 heterocycles. The standard InChI is InChI=1S/C24H26F4N2O/c1-15-12-20-19(4-3-11-30(20)14-17-5-7-18(25)8-6-17)16(2)22(15)29-21(31)13-23(9-10-23)24(26,27)28/h5-8,12H,3-4,9-11,13-14H2,1-2H3,(H,29,31). The zero-order chi connectivity index (χ0) is 22.4. The zero-order valence-corrected chi connectivity index (χ0v) is 17.7. The maximum absolute atomic E-state index is 13.2. The van der Waals surface area contributed by atoms with Crippen LogP contribution in [0, 0.1) is 25.1 Å². The number of amides is 1. The van der Waals surface area contributed by atoms with Crippen LogP contribution in [-0.2, 0) is 17.8 Å². The molecule has 0 radical (unpaired) electrons. The number of hydrogen-bond acceptors (Lipinski definition) is 2. The van der Waals surface area contributed by atoms with Crippen LogP contribution in [0.1, 0.15) is 47.9 Å². The highest BCUT2D eigenvalue weighted by atomic mass is 19.4. The average Bonchev–Trinajstić information content (AvgIpc) is 3.48. The lowest BCUT2D eigenvalue weighted by Crippen LogP contribution is -2.31. The van der Waals surface area contributed by atoms with Crippen LogP contribution in [0.4, 0.5) is 28.9 Å². The van der Waals surface area contributed by atoms with Crippen LogP contribution in [0.2, 0.25) is 0 Å². The van der Waals surface area contributed by atoms with Gasteiger partial charge in [0.05, 0.1) is 5.41 Å².